The Morgan fingerprint density at radius 2 is 1.76 bits per heavy atom. The van der Waals surface area contributed by atoms with Crippen molar-refractivity contribution >= 4 is 44.9 Å². The fraction of sp³-hybridized carbons (Fsp3) is 0.286. The summed E-state index contributed by atoms with van der Waals surface area (Å²) in [6, 6.07) is 14.7. The van der Waals surface area contributed by atoms with Gasteiger partial charge in [-0.05, 0) is 54.9 Å². The molecule has 0 spiro atoms. The topological polar surface area (TPSA) is 73.8 Å². The normalized spacial score (nSPS) is 17.0. The van der Waals surface area contributed by atoms with Crippen LogP contribution >= 0.6 is 23.2 Å². The molecule has 3 aromatic carbocycles. The van der Waals surface area contributed by atoms with Crippen LogP contribution in [0.1, 0.15) is 44.6 Å². The van der Waals surface area contributed by atoms with Crippen LogP contribution in [0, 0.1) is 13.0 Å². The molecular formula is C28H21BeCl2F5N2O3. The number of alkyl halides is 5. The minimum Gasteiger partial charge on any atom is -0.844 e. The van der Waals surface area contributed by atoms with Crippen molar-refractivity contribution in [1.82, 2.24) is 5.32 Å². The van der Waals surface area contributed by atoms with Gasteiger partial charge in [0.1, 0.15) is 0 Å². The molecule has 4 rings (SSSR count). The minimum absolute atomic E-state index is 0. The van der Waals surface area contributed by atoms with E-state index in [1.54, 1.807) is 6.92 Å². The fourth-order valence-corrected chi connectivity index (χ4v) is 4.78. The molecule has 212 valence electrons. The first-order valence-corrected chi connectivity index (χ1v) is 12.6. The van der Waals surface area contributed by atoms with Crippen LogP contribution in [0.3, 0.4) is 0 Å². The smallest absolute Gasteiger partial charge is 0.844 e. The molecule has 0 saturated heterocycles. The van der Waals surface area contributed by atoms with Crippen LogP contribution in [0.25, 0.3) is 0 Å². The summed E-state index contributed by atoms with van der Waals surface area (Å²) in [6.45, 7) is -1.19. The Morgan fingerprint density at radius 3 is 2.29 bits per heavy atom. The third-order valence-corrected chi connectivity index (χ3v) is 7.01. The largest absolute Gasteiger partial charge is 2.00 e. The maximum atomic E-state index is 14.3. The van der Waals surface area contributed by atoms with Gasteiger partial charge in [-0.3, -0.25) is 13.6 Å². The minimum atomic E-state index is -4.84. The predicted molar refractivity (Wildman–Crippen MR) is 143 cm³/mol. The maximum absolute atomic E-state index is 14.3. The van der Waals surface area contributed by atoms with E-state index >= 15 is 0 Å². The van der Waals surface area contributed by atoms with Gasteiger partial charge >= 0.3 is 16.3 Å². The van der Waals surface area contributed by atoms with Crippen molar-refractivity contribution in [2.24, 2.45) is 5.16 Å². The molecule has 0 saturated carbocycles. The van der Waals surface area contributed by atoms with Crippen LogP contribution in [0.4, 0.5) is 22.0 Å². The van der Waals surface area contributed by atoms with Gasteiger partial charge in [0.2, 0.25) is 0 Å². The van der Waals surface area contributed by atoms with Gasteiger partial charge in [-0.25, -0.2) is 0 Å². The first-order valence-electron chi connectivity index (χ1n) is 11.8. The number of benzene rings is 3. The van der Waals surface area contributed by atoms with E-state index in [0.717, 1.165) is 12.1 Å². The monoisotopic (exact) mass is 607 g/mol. The van der Waals surface area contributed by atoms with Crippen molar-refractivity contribution in [3.8, 4) is 0 Å². The molecule has 1 amide bonds. The Labute approximate surface area is 246 Å². The molecule has 0 radical (unpaired) electrons. The second-order valence-corrected chi connectivity index (χ2v) is 10.2. The van der Waals surface area contributed by atoms with Crippen molar-refractivity contribution in [3.05, 3.63) is 104 Å². The second-order valence-electron chi connectivity index (χ2n) is 9.37. The second kappa shape index (κ2) is 12.4. The molecule has 0 bridgehead atoms. The number of oxime groups is 1. The van der Waals surface area contributed by atoms with E-state index in [-0.39, 0.29) is 49.1 Å². The number of amides is 1. The molecule has 41 heavy (non-hydrogen) atoms. The van der Waals surface area contributed by atoms with Crippen LogP contribution < -0.4 is 10.4 Å². The number of aryl methyl sites for hydroxylation is 1. The zero-order valence-corrected chi connectivity index (χ0v) is 23.1. The molecule has 1 N–H and O–H groups in total. The molecule has 1 unspecified atom stereocenters. The number of hydrogen-bond donors (Lipinski definition) is 1. The number of rotatable bonds is 8. The summed E-state index contributed by atoms with van der Waals surface area (Å²) < 4.78 is 68.6. The van der Waals surface area contributed by atoms with Crippen molar-refractivity contribution in [2.75, 3.05) is 13.3 Å². The Morgan fingerprint density at radius 1 is 1.10 bits per heavy atom. The van der Waals surface area contributed by atoms with E-state index in [4.69, 9.17) is 28.0 Å². The summed E-state index contributed by atoms with van der Waals surface area (Å²) in [5.74, 6) is -0.471. The van der Waals surface area contributed by atoms with E-state index < -0.39 is 43.1 Å². The number of halogens is 7. The summed E-state index contributed by atoms with van der Waals surface area (Å²) >= 11 is 11.9. The zero-order valence-electron chi connectivity index (χ0n) is 21.5. The summed E-state index contributed by atoms with van der Waals surface area (Å²) in [5, 5.41) is 18.5. The fourth-order valence-electron chi connectivity index (χ4n) is 4.25. The predicted octanol–water partition coefficient (Wildman–Crippen LogP) is 5.73. The van der Waals surface area contributed by atoms with Crippen molar-refractivity contribution in [3.63, 3.8) is 0 Å². The number of carbonyl (C=O) groups is 1. The van der Waals surface area contributed by atoms with E-state index in [1.165, 1.54) is 42.5 Å². The van der Waals surface area contributed by atoms with E-state index in [0.29, 0.717) is 16.7 Å². The molecule has 13 heteroatoms. The van der Waals surface area contributed by atoms with Gasteiger partial charge in [-0.15, -0.1) is 5.56 Å². The number of nitrogens with one attached hydrogen (secondary N) is 1. The molecule has 0 aromatic heterocycles. The maximum Gasteiger partial charge on any atom is 2.00 e. The standard InChI is InChI=1S/C28H21Cl2F5N2O3.Be/c1-16-8-18(24-12-27(40-37-24,28(33,34)35)20-9-21(29)11-22(30)10-20)4-7-23(16)25(38)36-13-17-2-5-19(6-3-17)26(39,14-31)15-32;/h2-5,7-11H,12-15H2,1H3,(H,36,38);/q-2;+2. The summed E-state index contributed by atoms with van der Waals surface area (Å²) in [5.41, 5.74) is -4.12. The first kappa shape index (κ1) is 32.5. The van der Waals surface area contributed by atoms with Gasteiger partial charge < -0.3 is 15.3 Å². The van der Waals surface area contributed by atoms with E-state index in [1.807, 2.05) is 0 Å². The summed E-state index contributed by atoms with van der Waals surface area (Å²) in [7, 11) is 0. The molecule has 5 nitrogen and oxygen atoms in total. The Kier molecular flexibility index (Phi) is 9.86. The summed E-state index contributed by atoms with van der Waals surface area (Å²) in [4.78, 5) is 17.8. The van der Waals surface area contributed by atoms with Crippen LogP contribution in [0.15, 0.2) is 59.8 Å². The first-order chi connectivity index (χ1) is 18.8. The Bertz CT molecular complexity index is 1430. The Balaban J connectivity index is 0.00000462. The molecule has 0 fully saturated rings. The third kappa shape index (κ3) is 6.56. The van der Waals surface area contributed by atoms with E-state index in [2.05, 4.69) is 16.5 Å². The SMILES string of the molecule is Cc1cc(C2=NOC(c3cc(Cl)cc(Cl)c3)(C(F)(F)F)C2)ccc1C(=O)NCc1c[c-]c(C([O-])(CF)CF)cc1.[Be+2]. The van der Waals surface area contributed by atoms with Crippen molar-refractivity contribution in [1.29, 1.82) is 0 Å². The number of hydrogen-bond acceptors (Lipinski definition) is 4. The molecule has 1 aliphatic rings. The molecule has 1 aliphatic heterocycles. The van der Waals surface area contributed by atoms with Crippen molar-refractivity contribution < 1.29 is 36.7 Å². The van der Waals surface area contributed by atoms with Gasteiger partial charge in [0.25, 0.3) is 11.5 Å². The third-order valence-electron chi connectivity index (χ3n) is 6.57. The summed E-state index contributed by atoms with van der Waals surface area (Å²) in [6.07, 6.45) is -5.48. The molecular weight excluding hydrogens is 587 g/mol. The average Bonchev–Trinajstić information content (AvgIpc) is 3.38. The molecule has 0 aliphatic carbocycles. The van der Waals surface area contributed by atoms with Gasteiger partial charge in [-0.2, -0.15) is 43.0 Å². The quantitative estimate of drug-likeness (QED) is 0.202. The average molecular weight is 608 g/mol. The number of carbonyl (C=O) groups excluding carboxylic acids is 1. The molecule has 3 aromatic rings. The molecule has 1 atom stereocenters. The van der Waals surface area contributed by atoms with Crippen LogP contribution in [0.2, 0.25) is 10.0 Å². The van der Waals surface area contributed by atoms with Gasteiger partial charge in [-0.1, -0.05) is 40.0 Å². The molecule has 1 heterocycles. The van der Waals surface area contributed by atoms with Gasteiger partial charge in [0.05, 0.1) is 19.1 Å². The van der Waals surface area contributed by atoms with Crippen LogP contribution in [-0.2, 0) is 22.6 Å². The number of nitrogens with zero attached hydrogens (tertiary/aromatic N) is 1. The Hall–Kier alpha value is -3.04. The van der Waals surface area contributed by atoms with Gasteiger partial charge in [0.15, 0.2) is 0 Å². The van der Waals surface area contributed by atoms with E-state index in [9.17, 15) is 31.9 Å². The van der Waals surface area contributed by atoms with Crippen LogP contribution in [-0.4, -0.2) is 41.3 Å². The van der Waals surface area contributed by atoms with Crippen LogP contribution in [0.5, 0.6) is 0 Å². The zero-order chi connectivity index (χ0) is 29.3. The van der Waals surface area contributed by atoms with Gasteiger partial charge in [0, 0.05) is 27.6 Å². The van der Waals surface area contributed by atoms with Crippen molar-refractivity contribution in [2.45, 2.75) is 37.3 Å².